The number of likely N-dealkylation sites (N-methyl/N-ethyl adjacent to an activating group) is 1. The molecule has 0 saturated heterocycles. The second-order valence-corrected chi connectivity index (χ2v) is 9.99. The van der Waals surface area contributed by atoms with Crippen molar-refractivity contribution < 1.29 is 32.6 Å². The molecule has 216 valence electrons. The fourth-order valence-electron chi connectivity index (χ4n) is 4.18. The Morgan fingerprint density at radius 2 is 1.80 bits per heavy atom. The summed E-state index contributed by atoms with van der Waals surface area (Å²) in [5, 5.41) is 14.0. The molecule has 3 rings (SSSR count). The molecule has 0 radical (unpaired) electrons. The number of nitrogens with zero attached hydrogens (tertiary/aromatic N) is 2. The van der Waals surface area contributed by atoms with Gasteiger partial charge in [0.05, 0.1) is 28.3 Å². The van der Waals surface area contributed by atoms with Crippen molar-refractivity contribution in [1.82, 2.24) is 15.2 Å². The van der Waals surface area contributed by atoms with Crippen LogP contribution < -0.4 is 5.32 Å². The van der Waals surface area contributed by atoms with Gasteiger partial charge in [0.15, 0.2) is 0 Å². The van der Waals surface area contributed by atoms with Crippen molar-refractivity contribution >= 4 is 40.4 Å². The lowest BCUT2D eigenvalue weighted by molar-refractivity contribution is -0.138. The number of esters is 1. The van der Waals surface area contributed by atoms with Crippen molar-refractivity contribution in [2.75, 3.05) is 32.8 Å². The largest absolute Gasteiger partial charge is 0.506 e. The Labute approximate surface area is 235 Å². The fraction of sp³-hybridized carbons (Fsp3) is 0.393. The molecule has 0 aliphatic carbocycles. The topological polar surface area (TPSA) is 107 Å². The maximum absolute atomic E-state index is 12.9. The van der Waals surface area contributed by atoms with Gasteiger partial charge in [0.1, 0.15) is 16.4 Å². The first-order valence-electron chi connectivity index (χ1n) is 12.9. The highest BCUT2D eigenvalue weighted by atomic mass is 32.2. The molecule has 1 aromatic heterocycles. The van der Waals surface area contributed by atoms with E-state index in [1.165, 1.54) is 12.1 Å². The number of carbonyl (C=O) groups is 2. The van der Waals surface area contributed by atoms with E-state index < -0.39 is 17.7 Å². The zero-order valence-corrected chi connectivity index (χ0v) is 23.8. The molecule has 2 heterocycles. The predicted molar refractivity (Wildman–Crippen MR) is 151 cm³/mol. The van der Waals surface area contributed by atoms with Crippen molar-refractivity contribution in [3.8, 4) is 0 Å². The molecule has 0 unspecified atom stereocenters. The zero-order valence-electron chi connectivity index (χ0n) is 23.0. The minimum atomic E-state index is -4.49. The van der Waals surface area contributed by atoms with Crippen molar-refractivity contribution in [2.24, 2.45) is 4.99 Å². The molecule has 2 aromatic rings. The van der Waals surface area contributed by atoms with Crippen LogP contribution in [0.15, 0.2) is 45.5 Å². The Morgan fingerprint density at radius 1 is 1.15 bits per heavy atom. The molecule has 1 aromatic carbocycles. The number of carbonyl (C=O) groups excluding carboxylic acids is 2. The maximum Gasteiger partial charge on any atom is 0.416 e. The van der Waals surface area contributed by atoms with E-state index in [9.17, 15) is 27.9 Å². The van der Waals surface area contributed by atoms with E-state index >= 15 is 0 Å². The average molecular weight is 579 g/mol. The van der Waals surface area contributed by atoms with E-state index in [2.05, 4.69) is 34.0 Å². The van der Waals surface area contributed by atoms with Crippen LogP contribution in [0.1, 0.15) is 53.6 Å². The number of amides is 1. The van der Waals surface area contributed by atoms with Gasteiger partial charge >= 0.3 is 12.1 Å². The molecule has 0 bridgehead atoms. The van der Waals surface area contributed by atoms with E-state index in [1.807, 2.05) is 0 Å². The molecule has 0 spiro atoms. The van der Waals surface area contributed by atoms with Crippen LogP contribution in [-0.2, 0) is 15.7 Å². The van der Waals surface area contributed by atoms with Gasteiger partial charge in [-0.2, -0.15) is 13.2 Å². The summed E-state index contributed by atoms with van der Waals surface area (Å²) >= 11 is 0.973. The lowest BCUT2D eigenvalue weighted by Crippen LogP contribution is -2.35. The number of halogens is 3. The van der Waals surface area contributed by atoms with Gasteiger partial charge in [0.2, 0.25) is 0 Å². The Kier molecular flexibility index (Phi) is 10.3. The molecule has 0 atom stereocenters. The standard InChI is InChI=1S/C28H33F3N4O4S/c1-6-35(7-2)14-13-32-25(37)22-16(4)20(33-17(22)5)15-21-24(36)23(27(38)39-8-3)26(40-21)34-19-11-9-18(10-12-19)28(29,30)31/h9-12,15,33,36H,6-8,13-14H2,1-5H3,(H,32,37)/b21-15+,34-26?. The van der Waals surface area contributed by atoms with Gasteiger partial charge in [0, 0.05) is 24.5 Å². The molecule has 12 heteroatoms. The second-order valence-electron chi connectivity index (χ2n) is 8.96. The number of hydrogen-bond acceptors (Lipinski definition) is 7. The van der Waals surface area contributed by atoms with E-state index in [4.69, 9.17) is 4.74 Å². The number of H-pyrrole nitrogens is 1. The maximum atomic E-state index is 12.9. The van der Waals surface area contributed by atoms with E-state index in [1.54, 1.807) is 26.8 Å². The number of aromatic amines is 1. The molecule has 0 saturated carbocycles. The van der Waals surface area contributed by atoms with Crippen LogP contribution in [0.2, 0.25) is 0 Å². The van der Waals surface area contributed by atoms with Crippen LogP contribution in [0.4, 0.5) is 18.9 Å². The molecular weight excluding hydrogens is 545 g/mol. The van der Waals surface area contributed by atoms with Gasteiger partial charge in [-0.1, -0.05) is 25.6 Å². The summed E-state index contributed by atoms with van der Waals surface area (Å²) in [4.78, 5) is 35.5. The average Bonchev–Trinajstić information content (AvgIpc) is 3.35. The van der Waals surface area contributed by atoms with E-state index in [0.29, 0.717) is 29.1 Å². The summed E-state index contributed by atoms with van der Waals surface area (Å²) in [6, 6.07) is 4.15. The first-order chi connectivity index (χ1) is 18.9. The van der Waals surface area contributed by atoms with Gasteiger partial charge in [-0.05, 0) is 69.8 Å². The molecule has 0 fully saturated rings. The van der Waals surface area contributed by atoms with Gasteiger partial charge in [-0.25, -0.2) is 9.79 Å². The zero-order chi connectivity index (χ0) is 29.6. The third kappa shape index (κ3) is 7.16. The Bertz CT molecular complexity index is 1340. The van der Waals surface area contributed by atoms with Crippen LogP contribution in [-0.4, -0.2) is 64.7 Å². The molecule has 3 N–H and O–H groups in total. The quantitative estimate of drug-likeness (QED) is 0.303. The van der Waals surface area contributed by atoms with Crippen LogP contribution in [0.5, 0.6) is 0 Å². The smallest absolute Gasteiger partial charge is 0.416 e. The number of nitrogens with one attached hydrogen (secondary N) is 2. The number of rotatable bonds is 10. The SMILES string of the molecule is CCOC(=O)C1=C(O)/C(=C\c2[nH]c(C)c(C(=O)NCCN(CC)CC)c2C)SC1=Nc1ccc(C(F)(F)F)cc1. The van der Waals surface area contributed by atoms with Crippen molar-refractivity contribution in [2.45, 2.75) is 40.8 Å². The first kappa shape index (κ1) is 31.0. The molecule has 1 amide bonds. The molecular formula is C28H33F3N4O4S. The number of thioether (sulfide) groups is 1. The molecule has 1 aliphatic rings. The van der Waals surface area contributed by atoms with E-state index in [-0.39, 0.29) is 39.5 Å². The molecule has 8 nitrogen and oxygen atoms in total. The van der Waals surface area contributed by atoms with Crippen LogP contribution in [0.3, 0.4) is 0 Å². The predicted octanol–water partition coefficient (Wildman–Crippen LogP) is 5.92. The third-order valence-corrected chi connectivity index (χ3v) is 7.40. The van der Waals surface area contributed by atoms with Crippen LogP contribution in [0, 0.1) is 13.8 Å². The number of ether oxygens (including phenoxy) is 1. The second kappa shape index (κ2) is 13.2. The van der Waals surface area contributed by atoms with Crippen molar-refractivity contribution in [3.63, 3.8) is 0 Å². The summed E-state index contributed by atoms with van der Waals surface area (Å²) in [5.74, 6) is -1.40. The fourth-order valence-corrected chi connectivity index (χ4v) is 5.20. The van der Waals surface area contributed by atoms with Crippen LogP contribution >= 0.6 is 11.8 Å². The summed E-state index contributed by atoms with van der Waals surface area (Å²) < 4.78 is 43.9. The Hall–Kier alpha value is -3.51. The highest BCUT2D eigenvalue weighted by Gasteiger charge is 2.34. The summed E-state index contributed by atoms with van der Waals surface area (Å²) in [7, 11) is 0. The van der Waals surface area contributed by atoms with Crippen LogP contribution in [0.25, 0.3) is 6.08 Å². The van der Waals surface area contributed by atoms with Crippen molar-refractivity contribution in [1.29, 1.82) is 0 Å². The number of aliphatic hydroxyl groups excluding tert-OH is 1. The third-order valence-electron chi connectivity index (χ3n) is 6.38. The number of hydrogen-bond donors (Lipinski definition) is 3. The molecule has 1 aliphatic heterocycles. The highest BCUT2D eigenvalue weighted by molar-refractivity contribution is 8.18. The lowest BCUT2D eigenvalue weighted by Gasteiger charge is -2.18. The normalized spacial score (nSPS) is 15.9. The minimum absolute atomic E-state index is 0.0502. The van der Waals surface area contributed by atoms with Gasteiger partial charge in [0.25, 0.3) is 5.91 Å². The van der Waals surface area contributed by atoms with E-state index in [0.717, 1.165) is 43.5 Å². The number of alkyl halides is 3. The number of aliphatic hydroxyl groups is 1. The Balaban J connectivity index is 1.92. The van der Waals surface area contributed by atoms with Gasteiger partial charge in [-0.15, -0.1) is 0 Å². The number of aromatic nitrogens is 1. The van der Waals surface area contributed by atoms with Gasteiger partial charge < -0.3 is 25.0 Å². The van der Waals surface area contributed by atoms with Gasteiger partial charge in [-0.3, -0.25) is 4.79 Å². The lowest BCUT2D eigenvalue weighted by atomic mass is 10.1. The Morgan fingerprint density at radius 3 is 2.38 bits per heavy atom. The summed E-state index contributed by atoms with van der Waals surface area (Å²) in [6.45, 7) is 12.3. The first-order valence-corrected chi connectivity index (χ1v) is 13.7. The number of aliphatic imine (C=N–C) groups is 1. The summed E-state index contributed by atoms with van der Waals surface area (Å²) in [5.41, 5.74) is 1.49. The number of benzene rings is 1. The summed E-state index contributed by atoms with van der Waals surface area (Å²) in [6.07, 6.45) is -2.89. The monoisotopic (exact) mass is 578 g/mol. The highest BCUT2D eigenvalue weighted by Crippen LogP contribution is 2.41. The number of aryl methyl sites for hydroxylation is 1. The minimum Gasteiger partial charge on any atom is -0.506 e. The molecule has 40 heavy (non-hydrogen) atoms. The van der Waals surface area contributed by atoms with Crippen molar-refractivity contribution in [3.05, 3.63) is 68.6 Å².